The van der Waals surface area contributed by atoms with E-state index in [4.69, 9.17) is 0 Å². The van der Waals surface area contributed by atoms with Crippen LogP contribution in [0.4, 0.5) is 10.1 Å². The van der Waals surface area contributed by atoms with Crippen molar-refractivity contribution >= 4 is 5.69 Å². The number of halogens is 1. The van der Waals surface area contributed by atoms with Crippen molar-refractivity contribution in [3.05, 3.63) is 65.0 Å². The Balaban J connectivity index is 1.98. The molecule has 21 heavy (non-hydrogen) atoms. The maximum atomic E-state index is 13.2. The van der Waals surface area contributed by atoms with Gasteiger partial charge in [-0.05, 0) is 61.2 Å². The molecule has 0 heterocycles. The number of benzene rings is 2. The lowest BCUT2D eigenvalue weighted by Crippen LogP contribution is -2.20. The van der Waals surface area contributed by atoms with Crippen LogP contribution in [0.2, 0.25) is 0 Å². The number of aliphatic hydroxyl groups excluding tert-OH is 1. The van der Waals surface area contributed by atoms with Gasteiger partial charge in [0.15, 0.2) is 0 Å². The predicted octanol–water partition coefficient (Wildman–Crippen LogP) is 4.00. The number of nitrogens with zero attached hydrogens (tertiary/aromatic N) is 1. The average Bonchev–Trinajstić information content (AvgIpc) is 2.43. The molecule has 0 bridgehead atoms. The minimum atomic E-state index is -0.644. The molecule has 0 radical (unpaired) electrons. The van der Waals surface area contributed by atoms with Crippen molar-refractivity contribution in [1.82, 2.24) is 0 Å². The predicted molar refractivity (Wildman–Crippen MR) is 85.2 cm³/mol. The summed E-state index contributed by atoms with van der Waals surface area (Å²) in [4.78, 5) is 2.11. The van der Waals surface area contributed by atoms with Crippen LogP contribution < -0.4 is 4.90 Å². The summed E-state index contributed by atoms with van der Waals surface area (Å²) in [5.41, 5.74) is 4.22. The number of aliphatic hydroxyl groups is 1. The second-order valence-electron chi connectivity index (χ2n) is 5.63. The zero-order valence-corrected chi connectivity index (χ0v) is 12.8. The van der Waals surface area contributed by atoms with Crippen molar-refractivity contribution in [3.8, 4) is 0 Å². The van der Waals surface area contributed by atoms with Gasteiger partial charge in [0.05, 0.1) is 6.10 Å². The molecule has 0 amide bonds. The fourth-order valence-corrected chi connectivity index (χ4v) is 2.50. The largest absolute Gasteiger partial charge is 0.388 e. The van der Waals surface area contributed by atoms with Gasteiger partial charge < -0.3 is 10.0 Å². The van der Waals surface area contributed by atoms with E-state index in [9.17, 15) is 9.50 Å². The summed E-state index contributed by atoms with van der Waals surface area (Å²) in [5, 5.41) is 10.2. The highest BCUT2D eigenvalue weighted by molar-refractivity contribution is 5.50. The zero-order chi connectivity index (χ0) is 15.4. The van der Waals surface area contributed by atoms with Gasteiger partial charge in [0.1, 0.15) is 5.82 Å². The molecule has 0 saturated carbocycles. The van der Waals surface area contributed by atoms with Crippen molar-refractivity contribution in [1.29, 1.82) is 0 Å². The number of rotatable bonds is 5. The highest BCUT2D eigenvalue weighted by atomic mass is 19.1. The van der Waals surface area contributed by atoms with E-state index in [0.29, 0.717) is 18.5 Å². The van der Waals surface area contributed by atoms with E-state index in [1.807, 2.05) is 7.05 Å². The number of hydrogen-bond donors (Lipinski definition) is 1. The third kappa shape index (κ3) is 4.30. The van der Waals surface area contributed by atoms with Crippen LogP contribution in [0.1, 0.15) is 29.2 Å². The fraction of sp³-hybridized carbons (Fsp3) is 0.333. The molecule has 3 heteroatoms. The van der Waals surface area contributed by atoms with Gasteiger partial charge in [-0.2, -0.15) is 0 Å². The first-order valence-electron chi connectivity index (χ1n) is 7.18. The summed E-state index contributed by atoms with van der Waals surface area (Å²) in [5.74, 6) is -0.311. The lowest BCUT2D eigenvalue weighted by molar-refractivity contribution is 0.169. The smallest absolute Gasteiger partial charge is 0.123 e. The van der Waals surface area contributed by atoms with Crippen LogP contribution in [0, 0.1) is 19.7 Å². The molecule has 0 saturated heterocycles. The van der Waals surface area contributed by atoms with Gasteiger partial charge in [0.2, 0.25) is 0 Å². The summed E-state index contributed by atoms with van der Waals surface area (Å²) >= 11 is 0. The first kappa shape index (κ1) is 15.5. The van der Waals surface area contributed by atoms with Crippen molar-refractivity contribution in [2.24, 2.45) is 0 Å². The summed E-state index contributed by atoms with van der Waals surface area (Å²) in [7, 11) is 2.01. The van der Waals surface area contributed by atoms with Crippen LogP contribution in [-0.4, -0.2) is 18.7 Å². The molecule has 0 spiro atoms. The molecule has 0 fully saturated rings. The van der Waals surface area contributed by atoms with Gasteiger partial charge in [0, 0.05) is 19.3 Å². The van der Waals surface area contributed by atoms with E-state index in [0.717, 1.165) is 5.69 Å². The van der Waals surface area contributed by atoms with E-state index in [1.165, 1.54) is 23.3 Å². The first-order valence-corrected chi connectivity index (χ1v) is 7.18. The van der Waals surface area contributed by atoms with E-state index in [-0.39, 0.29) is 5.82 Å². The minimum Gasteiger partial charge on any atom is -0.388 e. The maximum absolute atomic E-state index is 13.2. The Labute approximate surface area is 125 Å². The third-order valence-corrected chi connectivity index (χ3v) is 3.62. The molecular formula is C18H22FNO. The average molecular weight is 287 g/mol. The molecular weight excluding hydrogens is 265 g/mol. The Hall–Kier alpha value is -1.87. The van der Waals surface area contributed by atoms with Crippen LogP contribution in [0.25, 0.3) is 0 Å². The second-order valence-corrected chi connectivity index (χ2v) is 5.63. The van der Waals surface area contributed by atoms with Crippen LogP contribution in [0.5, 0.6) is 0 Å². The third-order valence-electron chi connectivity index (χ3n) is 3.62. The van der Waals surface area contributed by atoms with Crippen LogP contribution in [0.15, 0.2) is 42.5 Å². The first-order chi connectivity index (χ1) is 9.95. The molecule has 2 aromatic carbocycles. The summed E-state index contributed by atoms with van der Waals surface area (Å²) in [6.45, 7) is 4.86. The van der Waals surface area contributed by atoms with Gasteiger partial charge in [-0.25, -0.2) is 4.39 Å². The molecule has 0 aliphatic carbocycles. The highest BCUT2D eigenvalue weighted by Crippen LogP contribution is 2.21. The normalized spacial score (nSPS) is 12.2. The molecule has 2 aromatic rings. The molecule has 112 valence electrons. The van der Waals surface area contributed by atoms with Crippen molar-refractivity contribution < 1.29 is 9.50 Å². The van der Waals surface area contributed by atoms with Crippen molar-refractivity contribution in [2.75, 3.05) is 18.5 Å². The topological polar surface area (TPSA) is 23.5 Å². The Morgan fingerprint density at radius 1 is 1.10 bits per heavy atom. The second kappa shape index (κ2) is 6.72. The Morgan fingerprint density at radius 2 is 1.76 bits per heavy atom. The molecule has 0 aromatic heterocycles. The van der Waals surface area contributed by atoms with Crippen LogP contribution >= 0.6 is 0 Å². The Kier molecular flexibility index (Phi) is 4.97. The van der Waals surface area contributed by atoms with Gasteiger partial charge in [-0.3, -0.25) is 0 Å². The number of aryl methyl sites for hydroxylation is 2. The molecule has 1 N–H and O–H groups in total. The molecule has 2 rings (SSSR count). The fourth-order valence-electron chi connectivity index (χ4n) is 2.50. The van der Waals surface area contributed by atoms with Crippen LogP contribution in [-0.2, 0) is 0 Å². The summed E-state index contributed by atoms with van der Waals surface area (Å²) < 4.78 is 13.2. The van der Waals surface area contributed by atoms with Gasteiger partial charge in [0.25, 0.3) is 0 Å². The molecule has 1 atom stereocenters. The van der Waals surface area contributed by atoms with E-state index in [1.54, 1.807) is 12.1 Å². The number of hydrogen-bond acceptors (Lipinski definition) is 2. The lowest BCUT2D eigenvalue weighted by Gasteiger charge is -2.22. The van der Waals surface area contributed by atoms with Gasteiger partial charge in [-0.1, -0.05) is 18.2 Å². The summed E-state index contributed by atoms with van der Waals surface area (Å²) in [6.07, 6.45) is -0.0819. The minimum absolute atomic E-state index is 0.311. The Bertz CT molecular complexity index is 592. The van der Waals surface area contributed by atoms with Crippen molar-refractivity contribution in [2.45, 2.75) is 26.4 Å². The highest BCUT2D eigenvalue weighted by Gasteiger charge is 2.10. The number of anilines is 1. The standard InChI is InChI=1S/C18H22FNO/c1-13-9-14(2)11-17(10-13)20(3)8-7-18(21)15-5-4-6-16(19)12-15/h4-6,9-12,18,21H,7-8H2,1-3H3. The van der Waals surface area contributed by atoms with Gasteiger partial charge >= 0.3 is 0 Å². The summed E-state index contributed by atoms with van der Waals surface area (Å²) in [6, 6.07) is 12.5. The molecule has 0 aliphatic rings. The SMILES string of the molecule is Cc1cc(C)cc(N(C)CCC(O)c2cccc(F)c2)c1. The molecule has 0 aliphatic heterocycles. The van der Waals surface area contributed by atoms with Gasteiger partial charge in [-0.15, -0.1) is 0 Å². The Morgan fingerprint density at radius 3 is 2.38 bits per heavy atom. The zero-order valence-electron chi connectivity index (χ0n) is 12.8. The van der Waals surface area contributed by atoms with Crippen molar-refractivity contribution in [3.63, 3.8) is 0 Å². The monoisotopic (exact) mass is 287 g/mol. The molecule has 1 unspecified atom stereocenters. The van der Waals surface area contributed by atoms with E-state index >= 15 is 0 Å². The molecule has 2 nitrogen and oxygen atoms in total. The maximum Gasteiger partial charge on any atom is 0.123 e. The lowest BCUT2D eigenvalue weighted by atomic mass is 10.1. The quantitative estimate of drug-likeness (QED) is 0.898. The van der Waals surface area contributed by atoms with Crippen LogP contribution in [0.3, 0.4) is 0 Å². The van der Waals surface area contributed by atoms with E-state index in [2.05, 4.69) is 36.9 Å². The van der Waals surface area contributed by atoms with E-state index < -0.39 is 6.10 Å².